The molecule has 2 aromatic rings. The van der Waals surface area contributed by atoms with Crippen LogP contribution in [0.5, 0.6) is 5.19 Å². The number of rotatable bonds is 6. The van der Waals surface area contributed by atoms with Gasteiger partial charge in [-0.2, -0.15) is 0 Å². The van der Waals surface area contributed by atoms with Gasteiger partial charge in [-0.15, -0.1) is 5.10 Å². The van der Waals surface area contributed by atoms with E-state index in [0.717, 1.165) is 22.4 Å². The Morgan fingerprint density at radius 3 is 2.94 bits per heavy atom. The average molecular weight is 285 g/mol. The number of aromatic nitrogens is 3. The van der Waals surface area contributed by atoms with Gasteiger partial charge in [0, 0.05) is 6.42 Å². The number of aryl methyl sites for hydroxylation is 1. The first-order valence-corrected chi connectivity index (χ1v) is 7.54. The topological polar surface area (TPSA) is 61.0 Å². The molecule has 0 aromatic carbocycles. The highest BCUT2D eigenvalue weighted by atomic mass is 32.2. The first kappa shape index (κ1) is 13.4. The summed E-state index contributed by atoms with van der Waals surface area (Å²) in [6.07, 6.45) is 2.75. The van der Waals surface area contributed by atoms with Crippen molar-refractivity contribution in [2.75, 3.05) is 0 Å². The van der Waals surface area contributed by atoms with E-state index in [1.54, 1.807) is 18.0 Å². The summed E-state index contributed by atoms with van der Waals surface area (Å²) in [6.45, 7) is 5.97. The summed E-state index contributed by atoms with van der Waals surface area (Å²) >= 11 is 3.00. The molecule has 2 aromatic heterocycles. The van der Waals surface area contributed by atoms with Gasteiger partial charge in [0.15, 0.2) is 4.34 Å². The van der Waals surface area contributed by atoms with Gasteiger partial charge in [0.05, 0.1) is 18.1 Å². The predicted octanol–water partition coefficient (Wildman–Crippen LogP) is 3.17. The largest absolute Gasteiger partial charge is 0.466 e. The maximum atomic E-state index is 5.52. The molecular formula is C11H15N3O2S2. The average Bonchev–Trinajstić information content (AvgIpc) is 2.94. The van der Waals surface area contributed by atoms with Crippen LogP contribution in [-0.2, 0) is 12.2 Å². The molecule has 0 aliphatic heterocycles. The summed E-state index contributed by atoms with van der Waals surface area (Å²) in [5.74, 6) is 2.29. The second-order valence-corrected chi connectivity index (χ2v) is 6.03. The van der Waals surface area contributed by atoms with Gasteiger partial charge >= 0.3 is 0 Å². The van der Waals surface area contributed by atoms with Gasteiger partial charge in [-0.25, -0.2) is 4.98 Å². The highest BCUT2D eigenvalue weighted by Crippen LogP contribution is 2.29. The minimum atomic E-state index is 0.120. The fraction of sp³-hybridized carbons (Fsp3) is 0.545. The summed E-state index contributed by atoms with van der Waals surface area (Å²) in [5, 5.41) is 8.62. The SMILES string of the molecule is CCc1cnc(CSc2nnc(OC(C)C)s2)o1. The highest BCUT2D eigenvalue weighted by molar-refractivity contribution is 8.00. The van der Waals surface area contributed by atoms with Crippen LogP contribution in [0, 0.1) is 0 Å². The molecule has 0 saturated heterocycles. The van der Waals surface area contributed by atoms with Crippen LogP contribution < -0.4 is 4.74 Å². The third-order valence-electron chi connectivity index (χ3n) is 1.99. The van der Waals surface area contributed by atoms with Gasteiger partial charge in [-0.3, -0.25) is 0 Å². The summed E-state index contributed by atoms with van der Waals surface area (Å²) in [4.78, 5) is 4.19. The second-order valence-electron chi connectivity index (χ2n) is 3.86. The number of thioether (sulfide) groups is 1. The molecule has 2 rings (SSSR count). The maximum absolute atomic E-state index is 5.52. The molecule has 0 fully saturated rings. The second kappa shape index (κ2) is 6.19. The molecular weight excluding hydrogens is 270 g/mol. The van der Waals surface area contributed by atoms with Crippen LogP contribution in [0.15, 0.2) is 15.0 Å². The number of hydrogen-bond donors (Lipinski definition) is 0. The fourth-order valence-corrected chi connectivity index (χ4v) is 2.86. The Labute approximate surface area is 114 Å². The van der Waals surface area contributed by atoms with Crippen molar-refractivity contribution in [2.45, 2.75) is 43.4 Å². The lowest BCUT2D eigenvalue weighted by Crippen LogP contribution is -2.04. The van der Waals surface area contributed by atoms with E-state index < -0.39 is 0 Å². The lowest BCUT2D eigenvalue weighted by molar-refractivity contribution is 0.239. The van der Waals surface area contributed by atoms with Gasteiger partial charge < -0.3 is 9.15 Å². The number of oxazole rings is 1. The van der Waals surface area contributed by atoms with E-state index >= 15 is 0 Å². The van der Waals surface area contributed by atoms with E-state index in [0.29, 0.717) is 10.9 Å². The molecule has 18 heavy (non-hydrogen) atoms. The van der Waals surface area contributed by atoms with Crippen LogP contribution in [-0.4, -0.2) is 21.3 Å². The van der Waals surface area contributed by atoms with Crippen LogP contribution in [0.4, 0.5) is 0 Å². The quantitative estimate of drug-likeness (QED) is 0.760. The number of hydrogen-bond acceptors (Lipinski definition) is 7. The summed E-state index contributed by atoms with van der Waals surface area (Å²) in [6, 6.07) is 0. The molecule has 7 heteroatoms. The van der Waals surface area contributed by atoms with E-state index in [1.807, 2.05) is 20.8 Å². The first-order valence-electron chi connectivity index (χ1n) is 5.74. The van der Waals surface area contributed by atoms with Crippen molar-refractivity contribution in [2.24, 2.45) is 0 Å². The zero-order valence-corrected chi connectivity index (χ0v) is 12.2. The van der Waals surface area contributed by atoms with Crippen molar-refractivity contribution in [1.82, 2.24) is 15.2 Å². The van der Waals surface area contributed by atoms with Gasteiger partial charge in [-0.05, 0) is 25.2 Å². The lowest BCUT2D eigenvalue weighted by atomic mass is 10.4. The van der Waals surface area contributed by atoms with Crippen molar-refractivity contribution in [3.05, 3.63) is 17.8 Å². The van der Waals surface area contributed by atoms with E-state index in [9.17, 15) is 0 Å². The smallest absolute Gasteiger partial charge is 0.295 e. The molecule has 0 unspecified atom stereocenters. The zero-order valence-electron chi connectivity index (χ0n) is 10.5. The third-order valence-corrected chi connectivity index (χ3v) is 3.93. The van der Waals surface area contributed by atoms with E-state index in [2.05, 4.69) is 15.2 Å². The van der Waals surface area contributed by atoms with Crippen LogP contribution in [0.3, 0.4) is 0 Å². The Balaban J connectivity index is 1.87. The zero-order chi connectivity index (χ0) is 13.0. The minimum absolute atomic E-state index is 0.120. The molecule has 0 radical (unpaired) electrons. The Kier molecular flexibility index (Phi) is 4.60. The Morgan fingerprint density at radius 1 is 1.44 bits per heavy atom. The monoisotopic (exact) mass is 285 g/mol. The summed E-state index contributed by atoms with van der Waals surface area (Å²) in [5.41, 5.74) is 0. The molecule has 0 saturated carbocycles. The van der Waals surface area contributed by atoms with E-state index in [4.69, 9.17) is 9.15 Å². The molecule has 0 atom stereocenters. The van der Waals surface area contributed by atoms with Crippen molar-refractivity contribution in [3.63, 3.8) is 0 Å². The van der Waals surface area contributed by atoms with Crippen molar-refractivity contribution < 1.29 is 9.15 Å². The lowest BCUT2D eigenvalue weighted by Gasteiger charge is -2.02. The molecule has 5 nitrogen and oxygen atoms in total. The molecule has 0 aliphatic rings. The molecule has 0 N–H and O–H groups in total. The van der Waals surface area contributed by atoms with Crippen LogP contribution >= 0.6 is 23.1 Å². The fourth-order valence-electron chi connectivity index (χ4n) is 1.21. The summed E-state index contributed by atoms with van der Waals surface area (Å²) in [7, 11) is 0. The van der Waals surface area contributed by atoms with Crippen LogP contribution in [0.2, 0.25) is 0 Å². The molecule has 0 bridgehead atoms. The van der Waals surface area contributed by atoms with Crippen molar-refractivity contribution in [3.8, 4) is 5.19 Å². The van der Waals surface area contributed by atoms with Gasteiger partial charge in [0.1, 0.15) is 5.76 Å². The predicted molar refractivity (Wildman–Crippen MR) is 71.1 cm³/mol. The Morgan fingerprint density at radius 2 is 2.28 bits per heavy atom. The third kappa shape index (κ3) is 3.71. The molecule has 2 heterocycles. The first-order chi connectivity index (χ1) is 8.67. The van der Waals surface area contributed by atoms with E-state index in [1.165, 1.54) is 11.3 Å². The summed E-state index contributed by atoms with van der Waals surface area (Å²) < 4.78 is 11.8. The van der Waals surface area contributed by atoms with Gasteiger partial charge in [-0.1, -0.05) is 23.8 Å². The highest BCUT2D eigenvalue weighted by Gasteiger charge is 2.09. The van der Waals surface area contributed by atoms with Gasteiger partial charge in [0.2, 0.25) is 5.89 Å². The molecule has 0 spiro atoms. The normalized spacial score (nSPS) is 11.1. The van der Waals surface area contributed by atoms with Crippen molar-refractivity contribution in [1.29, 1.82) is 0 Å². The Bertz CT molecular complexity index is 496. The number of nitrogens with zero attached hydrogens (tertiary/aromatic N) is 3. The van der Waals surface area contributed by atoms with Crippen molar-refractivity contribution >= 4 is 23.1 Å². The van der Waals surface area contributed by atoms with Crippen LogP contribution in [0.25, 0.3) is 0 Å². The minimum Gasteiger partial charge on any atom is -0.466 e. The molecule has 98 valence electrons. The molecule has 0 aliphatic carbocycles. The van der Waals surface area contributed by atoms with Gasteiger partial charge in [0.25, 0.3) is 5.19 Å². The molecule has 0 amide bonds. The van der Waals surface area contributed by atoms with E-state index in [-0.39, 0.29) is 6.10 Å². The Hall–Kier alpha value is -1.08. The standard InChI is InChI=1S/C11H15N3O2S2/c1-4-8-5-12-9(16-8)6-17-11-14-13-10(18-11)15-7(2)3/h5,7H,4,6H2,1-3H3. The number of ether oxygens (including phenoxy) is 1. The maximum Gasteiger partial charge on any atom is 0.295 e. The van der Waals surface area contributed by atoms with Crippen LogP contribution in [0.1, 0.15) is 32.4 Å².